The second-order valence-corrected chi connectivity index (χ2v) is 11.3. The van der Waals surface area contributed by atoms with Gasteiger partial charge in [0.2, 0.25) is 6.79 Å². The van der Waals surface area contributed by atoms with Crippen LogP contribution in [0.2, 0.25) is 0 Å². The number of benzene rings is 2. The maximum atomic E-state index is 14.0. The lowest BCUT2D eigenvalue weighted by Gasteiger charge is -2.26. The Bertz CT molecular complexity index is 1840. The van der Waals surface area contributed by atoms with Crippen LogP contribution in [0.15, 0.2) is 57.5 Å². The molecule has 12 nitrogen and oxygen atoms in total. The van der Waals surface area contributed by atoms with Gasteiger partial charge in [-0.15, -0.1) is 0 Å². The molecule has 0 unspecified atom stereocenters. The molecule has 3 aromatic rings. The summed E-state index contributed by atoms with van der Waals surface area (Å²) in [4.78, 5) is 46.6. The second-order valence-electron chi connectivity index (χ2n) is 10.3. The topological polar surface area (TPSA) is 127 Å². The summed E-state index contributed by atoms with van der Waals surface area (Å²) in [6.45, 7) is 7.94. The Balaban J connectivity index is 1.35. The molecular weight excluding hydrogens is 602 g/mol. The van der Waals surface area contributed by atoms with E-state index in [9.17, 15) is 14.4 Å². The van der Waals surface area contributed by atoms with Crippen LogP contribution in [0.4, 0.5) is 0 Å². The van der Waals surface area contributed by atoms with E-state index >= 15 is 0 Å². The van der Waals surface area contributed by atoms with Gasteiger partial charge in [-0.2, -0.15) is 0 Å². The summed E-state index contributed by atoms with van der Waals surface area (Å²) in [5, 5.41) is 0. The van der Waals surface area contributed by atoms with Crippen molar-refractivity contribution in [2.45, 2.75) is 26.8 Å². The number of amides is 1. The number of hydrogen-bond acceptors (Lipinski definition) is 11. The molecule has 3 aliphatic rings. The first kappa shape index (κ1) is 30.4. The number of ether oxygens (including phenoxy) is 6. The van der Waals surface area contributed by atoms with Crippen molar-refractivity contribution in [1.82, 2.24) is 9.47 Å². The largest absolute Gasteiger partial charge is 0.490 e. The van der Waals surface area contributed by atoms with E-state index in [1.165, 1.54) is 15.9 Å². The van der Waals surface area contributed by atoms with Crippen molar-refractivity contribution in [2.75, 3.05) is 52.9 Å². The Morgan fingerprint density at radius 1 is 1.02 bits per heavy atom. The molecule has 1 saturated heterocycles. The SMILES string of the molecule is CCOC(=O)C1=C(C)N=c2s/c(=C/c3ccc(OCC(=O)N4CCOCC4)c(OCC)c3)c(=O)n2[C@H]1c1ccc2c(c1)OCO2. The van der Waals surface area contributed by atoms with Crippen LogP contribution in [0.5, 0.6) is 23.0 Å². The molecule has 0 saturated carbocycles. The lowest BCUT2D eigenvalue weighted by atomic mass is 9.95. The Morgan fingerprint density at radius 2 is 1.82 bits per heavy atom. The zero-order valence-corrected chi connectivity index (χ0v) is 26.0. The second kappa shape index (κ2) is 13.2. The molecule has 1 amide bonds. The number of esters is 1. The highest BCUT2D eigenvalue weighted by molar-refractivity contribution is 7.07. The molecule has 45 heavy (non-hydrogen) atoms. The highest BCUT2D eigenvalue weighted by atomic mass is 32.1. The minimum absolute atomic E-state index is 0.0961. The van der Waals surface area contributed by atoms with Gasteiger partial charge >= 0.3 is 5.97 Å². The van der Waals surface area contributed by atoms with Gasteiger partial charge in [-0.05, 0) is 62.2 Å². The molecule has 1 aromatic heterocycles. The number of thiazole rings is 1. The summed E-state index contributed by atoms with van der Waals surface area (Å²) in [5.74, 6) is 1.33. The van der Waals surface area contributed by atoms with E-state index in [1.54, 1.807) is 55.2 Å². The first-order valence-corrected chi connectivity index (χ1v) is 15.5. The van der Waals surface area contributed by atoms with Gasteiger partial charge in [-0.3, -0.25) is 14.2 Å². The molecule has 0 N–H and O–H groups in total. The predicted octanol–water partition coefficient (Wildman–Crippen LogP) is 2.16. The zero-order valence-electron chi connectivity index (χ0n) is 25.2. The van der Waals surface area contributed by atoms with E-state index in [2.05, 4.69) is 4.99 Å². The number of carbonyl (C=O) groups excluding carboxylic acids is 2. The summed E-state index contributed by atoms with van der Waals surface area (Å²) in [5.41, 5.74) is 1.79. The quantitative estimate of drug-likeness (QED) is 0.325. The van der Waals surface area contributed by atoms with Crippen molar-refractivity contribution in [2.24, 2.45) is 4.99 Å². The summed E-state index contributed by atoms with van der Waals surface area (Å²) >= 11 is 1.22. The Hall–Kier alpha value is -4.62. The van der Waals surface area contributed by atoms with Crippen LogP contribution in [0.3, 0.4) is 0 Å². The predicted molar refractivity (Wildman–Crippen MR) is 163 cm³/mol. The van der Waals surface area contributed by atoms with E-state index in [0.717, 1.165) is 0 Å². The molecule has 0 bridgehead atoms. The highest BCUT2D eigenvalue weighted by Gasteiger charge is 2.34. The van der Waals surface area contributed by atoms with Gasteiger partial charge < -0.3 is 33.3 Å². The lowest BCUT2D eigenvalue weighted by molar-refractivity contribution is -0.139. The maximum Gasteiger partial charge on any atom is 0.338 e. The monoisotopic (exact) mass is 635 g/mol. The summed E-state index contributed by atoms with van der Waals surface area (Å²) in [6.07, 6.45) is 1.75. The van der Waals surface area contributed by atoms with Crippen molar-refractivity contribution in [3.05, 3.63) is 78.5 Å². The van der Waals surface area contributed by atoms with Gasteiger partial charge in [0, 0.05) is 13.1 Å². The Labute approximate surface area is 262 Å². The zero-order chi connectivity index (χ0) is 31.5. The average Bonchev–Trinajstić information content (AvgIpc) is 3.64. The Kier molecular flexibility index (Phi) is 8.90. The fourth-order valence-corrected chi connectivity index (χ4v) is 6.43. The normalized spacial score (nSPS) is 17.5. The van der Waals surface area contributed by atoms with Crippen molar-refractivity contribution in [1.29, 1.82) is 0 Å². The van der Waals surface area contributed by atoms with Crippen molar-refractivity contribution in [3.8, 4) is 23.0 Å². The third-order valence-corrected chi connectivity index (χ3v) is 8.49. The standard InChI is InChI=1S/C32H33N3O9S/c1-4-40-24-14-20(6-8-22(24)42-17-27(36)34-10-12-39-13-11-34)15-26-30(37)35-29(21-7-9-23-25(16-21)44-18-43-23)28(31(38)41-5-2)19(3)33-32(35)45-26/h6-9,14-16,29H,4-5,10-13,17-18H2,1-3H3/b26-15+/t29-/m0/s1. The van der Waals surface area contributed by atoms with Crippen LogP contribution in [-0.4, -0.2) is 74.3 Å². The molecule has 0 radical (unpaired) electrons. The fraction of sp³-hybridized carbons (Fsp3) is 0.375. The number of hydrogen-bond donors (Lipinski definition) is 0. The van der Waals surface area contributed by atoms with Crippen LogP contribution < -0.4 is 33.8 Å². The Morgan fingerprint density at radius 3 is 2.60 bits per heavy atom. The summed E-state index contributed by atoms with van der Waals surface area (Å²) in [6, 6.07) is 9.85. The average molecular weight is 636 g/mol. The molecule has 1 fully saturated rings. The van der Waals surface area contributed by atoms with Gasteiger partial charge in [-0.1, -0.05) is 23.5 Å². The van der Waals surface area contributed by atoms with E-state index in [1.807, 2.05) is 13.0 Å². The third-order valence-electron chi connectivity index (χ3n) is 7.51. The van der Waals surface area contributed by atoms with Crippen molar-refractivity contribution < 1.29 is 38.0 Å². The highest BCUT2D eigenvalue weighted by Crippen LogP contribution is 2.38. The maximum absolute atomic E-state index is 14.0. The molecule has 13 heteroatoms. The minimum Gasteiger partial charge on any atom is -0.490 e. The van der Waals surface area contributed by atoms with Gasteiger partial charge in [-0.25, -0.2) is 9.79 Å². The van der Waals surface area contributed by atoms with Gasteiger partial charge in [0.15, 0.2) is 34.4 Å². The third kappa shape index (κ3) is 6.18. The minimum atomic E-state index is -0.782. The number of aromatic nitrogens is 1. The van der Waals surface area contributed by atoms with E-state index in [-0.39, 0.29) is 37.0 Å². The number of carbonyl (C=O) groups is 2. The molecule has 3 aliphatic heterocycles. The number of allylic oxidation sites excluding steroid dienone is 1. The van der Waals surface area contributed by atoms with E-state index < -0.39 is 12.0 Å². The van der Waals surface area contributed by atoms with Gasteiger partial charge in [0.05, 0.1) is 48.3 Å². The molecule has 0 spiro atoms. The molecule has 0 aliphatic carbocycles. The van der Waals surface area contributed by atoms with E-state index in [4.69, 9.17) is 28.4 Å². The number of nitrogens with zero attached hydrogens (tertiary/aromatic N) is 3. The lowest BCUT2D eigenvalue weighted by Crippen LogP contribution is -2.43. The van der Waals surface area contributed by atoms with Crippen molar-refractivity contribution >= 4 is 29.3 Å². The molecule has 236 valence electrons. The molecule has 6 rings (SSSR count). The van der Waals surface area contributed by atoms with Crippen LogP contribution >= 0.6 is 11.3 Å². The molecule has 2 aromatic carbocycles. The number of fused-ring (bicyclic) bond motifs is 2. The van der Waals surface area contributed by atoms with Gasteiger partial charge in [0.25, 0.3) is 11.5 Å². The first-order chi connectivity index (χ1) is 21.9. The van der Waals surface area contributed by atoms with Crippen LogP contribution in [0.1, 0.15) is 37.9 Å². The van der Waals surface area contributed by atoms with Crippen LogP contribution in [0.25, 0.3) is 6.08 Å². The van der Waals surface area contributed by atoms with E-state index in [0.29, 0.717) is 82.1 Å². The van der Waals surface area contributed by atoms with Crippen LogP contribution in [0, 0.1) is 0 Å². The van der Waals surface area contributed by atoms with Crippen LogP contribution in [-0.2, 0) is 19.1 Å². The molecule has 1 atom stereocenters. The van der Waals surface area contributed by atoms with Gasteiger partial charge in [0.1, 0.15) is 0 Å². The fourth-order valence-electron chi connectivity index (χ4n) is 5.39. The number of rotatable bonds is 9. The first-order valence-electron chi connectivity index (χ1n) is 14.7. The molecular formula is C32H33N3O9S. The number of morpholine rings is 1. The van der Waals surface area contributed by atoms with Crippen molar-refractivity contribution in [3.63, 3.8) is 0 Å². The molecule has 4 heterocycles. The smallest absolute Gasteiger partial charge is 0.338 e. The summed E-state index contributed by atoms with van der Waals surface area (Å²) < 4.78 is 35.4. The summed E-state index contributed by atoms with van der Waals surface area (Å²) in [7, 11) is 0.